The van der Waals surface area contributed by atoms with Gasteiger partial charge in [0, 0.05) is 37.8 Å². The van der Waals surface area contributed by atoms with Crippen LogP contribution in [0.5, 0.6) is 5.75 Å². The standard InChI is InChI=1S/C27H33F3N4O3/c1-31-13-11-21(12-14-31)32-15-17-33(18-16-32)25(35)19-34(24-6-4-3-5-23(24)27(28,29)30)26(36)20-7-9-22(37-2)10-8-20/h3-10,21H,11-19H2,1-2H3. The SMILES string of the molecule is COc1ccc(C(=O)N(CC(=O)N2CCN(C3CCN(C)CC3)CC2)c2ccccc2C(F)(F)F)cc1. The fourth-order valence-electron chi connectivity index (χ4n) is 5.04. The van der Waals surface area contributed by atoms with Crippen LogP contribution in [0.25, 0.3) is 0 Å². The lowest BCUT2D eigenvalue weighted by Gasteiger charge is -2.42. The number of nitrogens with zero attached hydrogens (tertiary/aromatic N) is 4. The number of piperazine rings is 1. The summed E-state index contributed by atoms with van der Waals surface area (Å²) in [5, 5.41) is 0. The van der Waals surface area contributed by atoms with Gasteiger partial charge in [-0.25, -0.2) is 0 Å². The largest absolute Gasteiger partial charge is 0.497 e. The number of halogens is 3. The second-order valence-corrected chi connectivity index (χ2v) is 9.59. The number of anilines is 1. The van der Waals surface area contributed by atoms with Gasteiger partial charge in [0.05, 0.1) is 18.4 Å². The second-order valence-electron chi connectivity index (χ2n) is 9.59. The molecule has 0 aliphatic carbocycles. The molecular formula is C27H33F3N4O3. The van der Waals surface area contributed by atoms with E-state index in [0.717, 1.165) is 36.9 Å². The Morgan fingerprint density at radius 2 is 1.57 bits per heavy atom. The summed E-state index contributed by atoms with van der Waals surface area (Å²) in [6.45, 7) is 4.01. The third-order valence-electron chi connectivity index (χ3n) is 7.25. The molecule has 7 nitrogen and oxygen atoms in total. The van der Waals surface area contributed by atoms with E-state index in [-0.39, 0.29) is 17.2 Å². The van der Waals surface area contributed by atoms with Crippen LogP contribution in [-0.4, -0.2) is 92.5 Å². The van der Waals surface area contributed by atoms with Gasteiger partial charge in [-0.15, -0.1) is 0 Å². The average molecular weight is 519 g/mol. The highest BCUT2D eigenvalue weighted by molar-refractivity contribution is 6.09. The first-order valence-corrected chi connectivity index (χ1v) is 12.5. The Morgan fingerprint density at radius 1 is 0.946 bits per heavy atom. The number of alkyl halides is 3. The van der Waals surface area contributed by atoms with Crippen molar-refractivity contribution in [1.29, 1.82) is 0 Å². The molecule has 2 aromatic rings. The molecule has 0 aromatic heterocycles. The number of ether oxygens (including phenoxy) is 1. The van der Waals surface area contributed by atoms with Gasteiger partial charge in [-0.05, 0) is 69.4 Å². The minimum Gasteiger partial charge on any atom is -0.497 e. The summed E-state index contributed by atoms with van der Waals surface area (Å²) in [6.07, 6.45) is -2.51. The Labute approximate surface area is 215 Å². The molecule has 2 aliphatic heterocycles. The van der Waals surface area contributed by atoms with Crippen molar-refractivity contribution in [3.63, 3.8) is 0 Å². The summed E-state index contributed by atoms with van der Waals surface area (Å²) in [5.41, 5.74) is -1.14. The number of carbonyl (C=O) groups excluding carboxylic acids is 2. The summed E-state index contributed by atoms with van der Waals surface area (Å²) in [5.74, 6) is -0.545. The molecule has 2 fully saturated rings. The molecular weight excluding hydrogens is 485 g/mol. The number of amides is 2. The first-order valence-electron chi connectivity index (χ1n) is 12.5. The first-order chi connectivity index (χ1) is 17.7. The minimum absolute atomic E-state index is 0.165. The fraction of sp³-hybridized carbons (Fsp3) is 0.481. The van der Waals surface area contributed by atoms with Gasteiger partial charge in [0.2, 0.25) is 5.91 Å². The predicted octanol–water partition coefficient (Wildman–Crippen LogP) is 3.60. The highest BCUT2D eigenvalue weighted by atomic mass is 19.4. The van der Waals surface area contributed by atoms with Crippen LogP contribution in [0, 0.1) is 0 Å². The third-order valence-corrected chi connectivity index (χ3v) is 7.25. The first kappa shape index (κ1) is 26.9. The van der Waals surface area contributed by atoms with E-state index in [2.05, 4.69) is 16.8 Å². The van der Waals surface area contributed by atoms with Crippen molar-refractivity contribution in [3.05, 3.63) is 59.7 Å². The summed E-state index contributed by atoms with van der Waals surface area (Å²) >= 11 is 0. The maximum Gasteiger partial charge on any atom is 0.418 e. The number of rotatable bonds is 6. The Bertz CT molecular complexity index is 1080. The van der Waals surface area contributed by atoms with Crippen LogP contribution in [0.1, 0.15) is 28.8 Å². The maximum atomic E-state index is 13.9. The minimum atomic E-state index is -4.68. The van der Waals surface area contributed by atoms with Crippen molar-refractivity contribution >= 4 is 17.5 Å². The Kier molecular flexibility index (Phi) is 8.39. The molecule has 0 unspecified atom stereocenters. The number of para-hydroxylation sites is 1. The highest BCUT2D eigenvalue weighted by Gasteiger charge is 2.37. The number of methoxy groups -OCH3 is 1. The molecule has 0 radical (unpaired) electrons. The molecule has 2 aliphatic rings. The van der Waals surface area contributed by atoms with E-state index < -0.39 is 24.2 Å². The molecule has 37 heavy (non-hydrogen) atoms. The smallest absolute Gasteiger partial charge is 0.418 e. The fourth-order valence-corrected chi connectivity index (χ4v) is 5.04. The zero-order valence-electron chi connectivity index (χ0n) is 21.2. The van der Waals surface area contributed by atoms with Crippen LogP contribution in [0.4, 0.5) is 18.9 Å². The number of carbonyl (C=O) groups is 2. The Morgan fingerprint density at radius 3 is 2.16 bits per heavy atom. The van der Waals surface area contributed by atoms with Crippen LogP contribution in [-0.2, 0) is 11.0 Å². The lowest BCUT2D eigenvalue weighted by Crippen LogP contribution is -2.55. The summed E-state index contributed by atoms with van der Waals surface area (Å²) < 4.78 is 46.7. The van der Waals surface area contributed by atoms with Crippen molar-refractivity contribution in [3.8, 4) is 5.75 Å². The molecule has 0 spiro atoms. The molecule has 4 rings (SSSR count). The van der Waals surface area contributed by atoms with Gasteiger partial charge < -0.3 is 14.5 Å². The van der Waals surface area contributed by atoms with Crippen LogP contribution < -0.4 is 9.64 Å². The molecule has 2 amide bonds. The van der Waals surface area contributed by atoms with Crippen LogP contribution in [0.3, 0.4) is 0 Å². The van der Waals surface area contributed by atoms with E-state index in [1.54, 1.807) is 17.0 Å². The zero-order chi connectivity index (χ0) is 26.6. The van der Waals surface area contributed by atoms with Gasteiger partial charge in [-0.2, -0.15) is 13.2 Å². The van der Waals surface area contributed by atoms with Gasteiger partial charge >= 0.3 is 6.18 Å². The van der Waals surface area contributed by atoms with E-state index in [1.165, 1.54) is 37.4 Å². The van der Waals surface area contributed by atoms with Crippen molar-refractivity contribution in [2.24, 2.45) is 0 Å². The van der Waals surface area contributed by atoms with Crippen LogP contribution >= 0.6 is 0 Å². The number of likely N-dealkylation sites (tertiary alicyclic amines) is 1. The highest BCUT2D eigenvalue weighted by Crippen LogP contribution is 2.37. The monoisotopic (exact) mass is 518 g/mol. The van der Waals surface area contributed by atoms with Gasteiger partial charge in [0.1, 0.15) is 12.3 Å². The van der Waals surface area contributed by atoms with E-state index in [9.17, 15) is 22.8 Å². The van der Waals surface area contributed by atoms with Gasteiger partial charge in [0.15, 0.2) is 0 Å². The van der Waals surface area contributed by atoms with Crippen molar-refractivity contribution in [1.82, 2.24) is 14.7 Å². The quantitative estimate of drug-likeness (QED) is 0.585. The topological polar surface area (TPSA) is 56.3 Å². The average Bonchev–Trinajstić information content (AvgIpc) is 2.91. The summed E-state index contributed by atoms with van der Waals surface area (Å²) in [7, 11) is 3.59. The lowest BCUT2D eigenvalue weighted by atomic mass is 10.0. The van der Waals surface area contributed by atoms with Crippen LogP contribution in [0.2, 0.25) is 0 Å². The summed E-state index contributed by atoms with van der Waals surface area (Å²) in [4.78, 5) is 34.1. The Hall–Kier alpha value is -3.11. The lowest BCUT2D eigenvalue weighted by molar-refractivity contribution is -0.137. The number of piperidine rings is 1. The van der Waals surface area contributed by atoms with E-state index in [4.69, 9.17) is 4.74 Å². The predicted molar refractivity (Wildman–Crippen MR) is 135 cm³/mol. The molecule has 0 bridgehead atoms. The molecule has 0 atom stereocenters. The van der Waals surface area contributed by atoms with E-state index in [1.807, 2.05) is 0 Å². The van der Waals surface area contributed by atoms with Crippen molar-refractivity contribution in [2.45, 2.75) is 25.1 Å². The number of benzene rings is 2. The molecule has 10 heteroatoms. The van der Waals surface area contributed by atoms with Crippen molar-refractivity contribution < 1.29 is 27.5 Å². The molecule has 0 saturated carbocycles. The van der Waals surface area contributed by atoms with Gasteiger partial charge in [0.25, 0.3) is 5.91 Å². The van der Waals surface area contributed by atoms with Crippen molar-refractivity contribution in [2.75, 3.05) is 64.9 Å². The second kappa shape index (κ2) is 11.5. The van der Waals surface area contributed by atoms with E-state index >= 15 is 0 Å². The number of hydrogen-bond donors (Lipinski definition) is 0. The van der Waals surface area contributed by atoms with Gasteiger partial charge in [-0.1, -0.05) is 12.1 Å². The van der Waals surface area contributed by atoms with Crippen LogP contribution in [0.15, 0.2) is 48.5 Å². The molecule has 2 heterocycles. The number of hydrogen-bond acceptors (Lipinski definition) is 5. The molecule has 200 valence electrons. The molecule has 0 N–H and O–H groups in total. The van der Waals surface area contributed by atoms with Gasteiger partial charge in [-0.3, -0.25) is 19.4 Å². The Balaban J connectivity index is 1.52. The normalized spacial score (nSPS) is 18.0. The maximum absolute atomic E-state index is 13.9. The third kappa shape index (κ3) is 6.42. The summed E-state index contributed by atoms with van der Waals surface area (Å²) in [6, 6.07) is 11.4. The zero-order valence-corrected chi connectivity index (χ0v) is 21.2. The van der Waals surface area contributed by atoms with E-state index in [0.29, 0.717) is 38.0 Å². The molecule has 2 saturated heterocycles. The molecule has 2 aromatic carbocycles.